The fourth-order valence-electron chi connectivity index (χ4n) is 2.64. The smallest absolute Gasteiger partial charge is 0.251 e. The number of aromatic nitrogens is 2. The molecule has 0 unspecified atom stereocenters. The van der Waals surface area contributed by atoms with Crippen LogP contribution in [0.25, 0.3) is 16.1 Å². The molecular weight excluding hydrogens is 318 g/mol. The largest absolute Gasteiger partial charge is 0.346 e. The second-order valence-electron chi connectivity index (χ2n) is 5.44. The van der Waals surface area contributed by atoms with Crippen LogP contribution in [0.5, 0.6) is 0 Å². The monoisotopic (exact) mass is 333 g/mol. The van der Waals surface area contributed by atoms with Gasteiger partial charge in [-0.05, 0) is 23.3 Å². The minimum atomic E-state index is -0.0766. The van der Waals surface area contributed by atoms with E-state index in [4.69, 9.17) is 0 Å². The van der Waals surface area contributed by atoms with Crippen molar-refractivity contribution in [2.75, 3.05) is 0 Å². The highest BCUT2D eigenvalue weighted by molar-refractivity contribution is 7.15. The molecule has 0 saturated carbocycles. The van der Waals surface area contributed by atoms with Crippen LogP contribution in [0.4, 0.5) is 0 Å². The third-order valence-electron chi connectivity index (χ3n) is 3.88. The summed E-state index contributed by atoms with van der Waals surface area (Å²) in [5, 5.41) is 5.00. The average Bonchev–Trinajstić information content (AvgIpc) is 3.25. The molecule has 24 heavy (non-hydrogen) atoms. The van der Waals surface area contributed by atoms with Crippen LogP contribution >= 0.6 is 11.3 Å². The van der Waals surface area contributed by atoms with Gasteiger partial charge in [0.15, 0.2) is 4.96 Å². The number of nitrogens with one attached hydrogen (secondary N) is 1. The lowest BCUT2D eigenvalue weighted by molar-refractivity contribution is 0.0950. The van der Waals surface area contributed by atoms with Crippen LogP contribution < -0.4 is 5.32 Å². The van der Waals surface area contributed by atoms with Crippen molar-refractivity contribution in [3.63, 3.8) is 0 Å². The van der Waals surface area contributed by atoms with Crippen LogP contribution in [-0.2, 0) is 6.54 Å². The number of benzene rings is 2. The lowest BCUT2D eigenvalue weighted by atomic mass is 10.0. The number of nitrogens with zero attached hydrogens (tertiary/aromatic N) is 2. The van der Waals surface area contributed by atoms with Gasteiger partial charge in [-0.2, -0.15) is 0 Å². The molecular formula is C19H15N3OS. The summed E-state index contributed by atoms with van der Waals surface area (Å²) in [6.45, 7) is 0.477. The van der Waals surface area contributed by atoms with Gasteiger partial charge in [-0.25, -0.2) is 4.98 Å². The van der Waals surface area contributed by atoms with Crippen molar-refractivity contribution < 1.29 is 4.79 Å². The average molecular weight is 333 g/mol. The first-order valence-electron chi connectivity index (χ1n) is 7.64. The molecule has 118 valence electrons. The van der Waals surface area contributed by atoms with E-state index in [1.165, 1.54) is 0 Å². The molecule has 0 spiro atoms. The van der Waals surface area contributed by atoms with Gasteiger partial charge in [0, 0.05) is 23.3 Å². The minimum Gasteiger partial charge on any atom is -0.346 e. The highest BCUT2D eigenvalue weighted by Gasteiger charge is 2.09. The van der Waals surface area contributed by atoms with Gasteiger partial charge in [-0.1, -0.05) is 42.5 Å². The number of imidazole rings is 1. The Labute approximate surface area is 143 Å². The molecule has 4 nitrogen and oxygen atoms in total. The first-order valence-corrected chi connectivity index (χ1v) is 8.52. The molecule has 0 aliphatic carbocycles. The van der Waals surface area contributed by atoms with E-state index in [1.807, 2.05) is 70.6 Å². The molecule has 0 bridgehead atoms. The van der Waals surface area contributed by atoms with Crippen LogP contribution in [0.1, 0.15) is 16.1 Å². The van der Waals surface area contributed by atoms with Gasteiger partial charge < -0.3 is 5.32 Å². The molecule has 0 aliphatic rings. The maximum absolute atomic E-state index is 12.5. The Morgan fingerprint density at radius 3 is 2.79 bits per heavy atom. The fraction of sp³-hybridized carbons (Fsp3) is 0.0526. The zero-order valence-corrected chi connectivity index (χ0v) is 13.7. The maximum Gasteiger partial charge on any atom is 0.251 e. The highest BCUT2D eigenvalue weighted by Crippen LogP contribution is 2.20. The molecule has 1 amide bonds. The summed E-state index contributed by atoms with van der Waals surface area (Å²) in [5.74, 6) is -0.0766. The maximum atomic E-state index is 12.5. The number of carbonyl (C=O) groups excluding carboxylic acids is 1. The zero-order chi connectivity index (χ0) is 16.4. The second-order valence-corrected chi connectivity index (χ2v) is 6.27. The van der Waals surface area contributed by atoms with E-state index in [0.717, 1.165) is 21.8 Å². The Bertz CT molecular complexity index is 988. The number of fused-ring (bicyclic) bond motifs is 1. The third kappa shape index (κ3) is 2.81. The molecule has 2 heterocycles. The number of carbonyl (C=O) groups is 1. The van der Waals surface area contributed by atoms with E-state index in [9.17, 15) is 4.79 Å². The van der Waals surface area contributed by atoms with E-state index < -0.39 is 0 Å². The molecule has 5 heteroatoms. The number of rotatable bonds is 4. The summed E-state index contributed by atoms with van der Waals surface area (Å²) in [6, 6.07) is 17.7. The lowest BCUT2D eigenvalue weighted by Gasteiger charge is -2.07. The number of hydrogen-bond acceptors (Lipinski definition) is 3. The molecule has 4 rings (SSSR count). The zero-order valence-electron chi connectivity index (χ0n) is 12.8. The number of hydrogen-bond donors (Lipinski definition) is 1. The van der Waals surface area contributed by atoms with Crippen molar-refractivity contribution in [1.82, 2.24) is 14.7 Å². The van der Waals surface area contributed by atoms with Gasteiger partial charge >= 0.3 is 0 Å². The van der Waals surface area contributed by atoms with Gasteiger partial charge in [-0.3, -0.25) is 9.20 Å². The van der Waals surface area contributed by atoms with Crippen molar-refractivity contribution >= 4 is 22.2 Å². The summed E-state index contributed by atoms with van der Waals surface area (Å²) < 4.78 is 1.99. The van der Waals surface area contributed by atoms with Crippen LogP contribution in [0, 0.1) is 0 Å². The van der Waals surface area contributed by atoms with Crippen LogP contribution in [-0.4, -0.2) is 15.3 Å². The van der Waals surface area contributed by atoms with E-state index in [0.29, 0.717) is 12.1 Å². The highest BCUT2D eigenvalue weighted by atomic mass is 32.1. The Morgan fingerprint density at radius 1 is 1.08 bits per heavy atom. The standard InChI is InChI=1S/C19H15N3OS/c23-18(21-12-17-13-24-19-20-9-10-22(17)19)16-8-4-7-15(11-16)14-5-2-1-3-6-14/h1-11,13H,12H2,(H,21,23). The number of thiazole rings is 1. The molecule has 0 saturated heterocycles. The van der Waals surface area contributed by atoms with Crippen molar-refractivity contribution in [3.8, 4) is 11.1 Å². The fourth-order valence-corrected chi connectivity index (χ4v) is 3.50. The van der Waals surface area contributed by atoms with E-state index >= 15 is 0 Å². The quantitative estimate of drug-likeness (QED) is 0.614. The van der Waals surface area contributed by atoms with Crippen molar-refractivity contribution in [1.29, 1.82) is 0 Å². The Balaban J connectivity index is 1.51. The Morgan fingerprint density at radius 2 is 1.92 bits per heavy atom. The van der Waals surface area contributed by atoms with E-state index in [-0.39, 0.29) is 5.91 Å². The predicted octanol–water partition coefficient (Wildman–Crippen LogP) is 3.99. The topological polar surface area (TPSA) is 46.4 Å². The van der Waals surface area contributed by atoms with Gasteiger partial charge in [0.1, 0.15) is 0 Å². The SMILES string of the molecule is O=C(NCc1csc2nccn12)c1cccc(-c2ccccc2)c1. The van der Waals surface area contributed by atoms with E-state index in [2.05, 4.69) is 10.3 Å². The molecule has 1 N–H and O–H groups in total. The molecule has 0 fully saturated rings. The minimum absolute atomic E-state index is 0.0766. The summed E-state index contributed by atoms with van der Waals surface area (Å²) in [5.41, 5.74) is 3.83. The van der Waals surface area contributed by atoms with Gasteiger partial charge in [-0.15, -0.1) is 11.3 Å². The predicted molar refractivity (Wildman–Crippen MR) is 96.1 cm³/mol. The second kappa shape index (κ2) is 6.29. The van der Waals surface area contributed by atoms with Gasteiger partial charge in [0.25, 0.3) is 5.91 Å². The van der Waals surface area contributed by atoms with Crippen LogP contribution in [0.15, 0.2) is 72.4 Å². The van der Waals surface area contributed by atoms with Crippen LogP contribution in [0.3, 0.4) is 0 Å². The molecule has 0 atom stereocenters. The summed E-state index contributed by atoms with van der Waals surface area (Å²) in [4.78, 5) is 17.6. The van der Waals surface area contributed by atoms with Crippen molar-refractivity contribution in [2.24, 2.45) is 0 Å². The lowest BCUT2D eigenvalue weighted by Crippen LogP contribution is -2.23. The van der Waals surface area contributed by atoms with Gasteiger partial charge in [0.05, 0.1) is 12.2 Å². The summed E-state index contributed by atoms with van der Waals surface area (Å²) in [6.07, 6.45) is 3.67. The first-order chi connectivity index (χ1) is 11.8. The molecule has 0 radical (unpaired) electrons. The van der Waals surface area contributed by atoms with Crippen molar-refractivity contribution in [3.05, 3.63) is 83.6 Å². The molecule has 2 aromatic heterocycles. The first kappa shape index (κ1) is 14.7. The van der Waals surface area contributed by atoms with Gasteiger partial charge in [0.2, 0.25) is 0 Å². The summed E-state index contributed by atoms with van der Waals surface area (Å²) >= 11 is 1.57. The third-order valence-corrected chi connectivity index (χ3v) is 4.78. The van der Waals surface area contributed by atoms with Crippen LogP contribution in [0.2, 0.25) is 0 Å². The Hall–Kier alpha value is -2.92. The molecule has 2 aromatic carbocycles. The Kier molecular flexibility index (Phi) is 3.84. The number of amides is 1. The van der Waals surface area contributed by atoms with E-state index in [1.54, 1.807) is 17.5 Å². The molecule has 4 aromatic rings. The van der Waals surface area contributed by atoms with Crippen molar-refractivity contribution in [2.45, 2.75) is 6.54 Å². The normalized spacial score (nSPS) is 10.8. The summed E-state index contributed by atoms with van der Waals surface area (Å²) in [7, 11) is 0. The molecule has 0 aliphatic heterocycles.